The van der Waals surface area contributed by atoms with Crippen LogP contribution in [0.2, 0.25) is 0 Å². The van der Waals surface area contributed by atoms with Gasteiger partial charge in [0.1, 0.15) is 5.82 Å². The van der Waals surface area contributed by atoms with Gasteiger partial charge in [0.25, 0.3) is 0 Å². The number of ether oxygens (including phenoxy) is 1. The van der Waals surface area contributed by atoms with E-state index in [-0.39, 0.29) is 6.10 Å². The summed E-state index contributed by atoms with van der Waals surface area (Å²) in [6.07, 6.45) is 6.28. The number of aromatic nitrogens is 5. The molecule has 2 atom stereocenters. The van der Waals surface area contributed by atoms with E-state index in [2.05, 4.69) is 32.5 Å². The topological polar surface area (TPSA) is 77.2 Å². The lowest BCUT2D eigenvalue weighted by Crippen LogP contribution is -2.20. The van der Waals surface area contributed by atoms with Crippen molar-refractivity contribution in [2.24, 2.45) is 0 Å². The fourth-order valence-electron chi connectivity index (χ4n) is 2.82. The first-order valence-electron chi connectivity index (χ1n) is 7.82. The average molecular weight is 310 g/mol. The minimum absolute atomic E-state index is 0.253. The van der Waals surface area contributed by atoms with Crippen LogP contribution in [-0.2, 0) is 4.74 Å². The molecule has 0 spiro atoms. The fourth-order valence-corrected chi connectivity index (χ4v) is 2.82. The third kappa shape index (κ3) is 2.87. The number of nitrogens with one attached hydrogen (secondary N) is 1. The maximum atomic E-state index is 5.82. The number of hydrogen-bond donors (Lipinski definition) is 1. The minimum Gasteiger partial charge on any atom is -0.373 e. The number of pyridine rings is 1. The van der Waals surface area contributed by atoms with Gasteiger partial charge in [-0.1, -0.05) is 0 Å². The first-order valence-corrected chi connectivity index (χ1v) is 7.82. The largest absolute Gasteiger partial charge is 0.373 e. The lowest BCUT2D eigenvalue weighted by Gasteiger charge is -2.12. The Morgan fingerprint density at radius 3 is 2.83 bits per heavy atom. The van der Waals surface area contributed by atoms with Crippen molar-refractivity contribution < 1.29 is 4.74 Å². The highest BCUT2D eigenvalue weighted by molar-refractivity contribution is 5.58. The van der Waals surface area contributed by atoms with Gasteiger partial charge in [-0.15, -0.1) is 15.3 Å². The van der Waals surface area contributed by atoms with Crippen LogP contribution in [0.1, 0.15) is 19.8 Å². The second-order valence-electron chi connectivity index (χ2n) is 5.78. The van der Waals surface area contributed by atoms with Crippen LogP contribution >= 0.6 is 0 Å². The molecule has 0 aromatic carbocycles. The van der Waals surface area contributed by atoms with Crippen molar-refractivity contribution in [3.05, 3.63) is 36.7 Å². The van der Waals surface area contributed by atoms with E-state index in [0.717, 1.165) is 30.8 Å². The Morgan fingerprint density at radius 1 is 1.17 bits per heavy atom. The predicted molar refractivity (Wildman–Crippen MR) is 86.1 cm³/mol. The van der Waals surface area contributed by atoms with E-state index in [0.29, 0.717) is 17.6 Å². The molecule has 0 saturated carbocycles. The molecular weight excluding hydrogens is 292 g/mol. The van der Waals surface area contributed by atoms with Gasteiger partial charge in [-0.2, -0.15) is 4.52 Å². The quantitative estimate of drug-likeness (QED) is 0.796. The van der Waals surface area contributed by atoms with Gasteiger partial charge in [0.15, 0.2) is 11.5 Å². The SMILES string of the molecule is CC1CCC(CNc2ccc3nnc(-c4ccncc4)n3n2)O1. The van der Waals surface area contributed by atoms with Crippen molar-refractivity contribution in [3.8, 4) is 11.4 Å². The van der Waals surface area contributed by atoms with Crippen LogP contribution in [0.15, 0.2) is 36.7 Å². The summed E-state index contributed by atoms with van der Waals surface area (Å²) in [5, 5.41) is 16.3. The molecule has 4 rings (SSSR count). The molecule has 0 aliphatic carbocycles. The number of rotatable bonds is 4. The van der Waals surface area contributed by atoms with E-state index in [1.165, 1.54) is 0 Å². The highest BCUT2D eigenvalue weighted by Gasteiger charge is 2.21. The summed E-state index contributed by atoms with van der Waals surface area (Å²) in [5.41, 5.74) is 1.65. The van der Waals surface area contributed by atoms with Gasteiger partial charge < -0.3 is 10.1 Å². The molecule has 3 aromatic rings. The van der Waals surface area contributed by atoms with Gasteiger partial charge in [-0.25, -0.2) is 0 Å². The summed E-state index contributed by atoms with van der Waals surface area (Å²) in [5.74, 6) is 1.49. The zero-order valence-corrected chi connectivity index (χ0v) is 12.9. The molecule has 1 aliphatic heterocycles. The van der Waals surface area contributed by atoms with Crippen molar-refractivity contribution in [1.82, 2.24) is 24.8 Å². The smallest absolute Gasteiger partial charge is 0.185 e. The van der Waals surface area contributed by atoms with Crippen molar-refractivity contribution in [1.29, 1.82) is 0 Å². The Balaban J connectivity index is 1.57. The van der Waals surface area contributed by atoms with Crippen molar-refractivity contribution in [2.75, 3.05) is 11.9 Å². The van der Waals surface area contributed by atoms with E-state index >= 15 is 0 Å². The van der Waals surface area contributed by atoms with Crippen LogP contribution in [-0.4, -0.2) is 43.5 Å². The van der Waals surface area contributed by atoms with Gasteiger partial charge in [-0.3, -0.25) is 4.98 Å². The van der Waals surface area contributed by atoms with Gasteiger partial charge in [0.2, 0.25) is 0 Å². The normalized spacial score (nSPS) is 20.9. The van der Waals surface area contributed by atoms with Crippen LogP contribution in [0.25, 0.3) is 17.0 Å². The third-order valence-electron chi connectivity index (χ3n) is 4.03. The summed E-state index contributed by atoms with van der Waals surface area (Å²) in [6.45, 7) is 2.87. The molecule has 7 heteroatoms. The molecule has 1 aliphatic rings. The maximum absolute atomic E-state index is 5.82. The summed E-state index contributed by atoms with van der Waals surface area (Å²) >= 11 is 0. The van der Waals surface area contributed by atoms with Crippen LogP contribution in [0, 0.1) is 0 Å². The molecule has 23 heavy (non-hydrogen) atoms. The average Bonchev–Trinajstić information content (AvgIpc) is 3.19. The standard InChI is InChI=1S/C16H18N6O/c1-11-2-3-13(23-11)10-18-14-4-5-15-19-20-16(22(15)21-14)12-6-8-17-9-7-12/h4-9,11,13H,2-3,10H2,1H3,(H,18,21). The molecule has 4 heterocycles. The summed E-state index contributed by atoms with van der Waals surface area (Å²) < 4.78 is 7.57. The Kier molecular flexibility index (Phi) is 3.63. The van der Waals surface area contributed by atoms with Gasteiger partial charge in [-0.05, 0) is 44.0 Å². The highest BCUT2D eigenvalue weighted by Crippen LogP contribution is 2.20. The molecule has 0 radical (unpaired) electrons. The van der Waals surface area contributed by atoms with Crippen LogP contribution in [0.3, 0.4) is 0 Å². The van der Waals surface area contributed by atoms with E-state index in [1.807, 2.05) is 24.3 Å². The summed E-state index contributed by atoms with van der Waals surface area (Å²) in [7, 11) is 0. The Morgan fingerprint density at radius 2 is 2.04 bits per heavy atom. The van der Waals surface area contributed by atoms with E-state index < -0.39 is 0 Å². The first kappa shape index (κ1) is 14.1. The van der Waals surface area contributed by atoms with Crippen molar-refractivity contribution >= 4 is 11.5 Å². The highest BCUT2D eigenvalue weighted by atomic mass is 16.5. The number of anilines is 1. The molecule has 0 bridgehead atoms. The monoisotopic (exact) mass is 310 g/mol. The summed E-state index contributed by atoms with van der Waals surface area (Å²) in [4.78, 5) is 4.03. The molecule has 1 fully saturated rings. The van der Waals surface area contributed by atoms with Gasteiger partial charge in [0.05, 0.1) is 12.2 Å². The molecule has 7 nitrogen and oxygen atoms in total. The fraction of sp³-hybridized carbons (Fsp3) is 0.375. The molecule has 2 unspecified atom stereocenters. The maximum Gasteiger partial charge on any atom is 0.185 e. The lowest BCUT2D eigenvalue weighted by molar-refractivity contribution is 0.0636. The van der Waals surface area contributed by atoms with E-state index in [1.54, 1.807) is 16.9 Å². The zero-order chi connectivity index (χ0) is 15.6. The van der Waals surface area contributed by atoms with Crippen LogP contribution in [0.5, 0.6) is 0 Å². The third-order valence-corrected chi connectivity index (χ3v) is 4.03. The van der Waals surface area contributed by atoms with Crippen molar-refractivity contribution in [3.63, 3.8) is 0 Å². The molecular formula is C16H18N6O. The first-order chi connectivity index (χ1) is 11.3. The Hall–Kier alpha value is -2.54. The van der Waals surface area contributed by atoms with Crippen LogP contribution < -0.4 is 5.32 Å². The molecule has 3 aromatic heterocycles. The molecule has 1 N–H and O–H groups in total. The van der Waals surface area contributed by atoms with Crippen LogP contribution in [0.4, 0.5) is 5.82 Å². The van der Waals surface area contributed by atoms with E-state index in [4.69, 9.17) is 4.74 Å². The second-order valence-corrected chi connectivity index (χ2v) is 5.78. The minimum atomic E-state index is 0.253. The van der Waals surface area contributed by atoms with E-state index in [9.17, 15) is 0 Å². The second kappa shape index (κ2) is 5.92. The molecule has 1 saturated heterocycles. The van der Waals surface area contributed by atoms with Gasteiger partial charge in [0, 0.05) is 24.5 Å². The molecule has 0 amide bonds. The predicted octanol–water partition coefficient (Wildman–Crippen LogP) is 2.17. The van der Waals surface area contributed by atoms with Crippen molar-refractivity contribution in [2.45, 2.75) is 32.0 Å². The zero-order valence-electron chi connectivity index (χ0n) is 12.9. The number of hydrogen-bond acceptors (Lipinski definition) is 6. The lowest BCUT2D eigenvalue weighted by atomic mass is 10.2. The summed E-state index contributed by atoms with van der Waals surface area (Å²) in [6, 6.07) is 7.61. The Labute approximate surface area is 133 Å². The number of nitrogens with zero attached hydrogens (tertiary/aromatic N) is 5. The molecule has 118 valence electrons. The number of fused-ring (bicyclic) bond motifs is 1. The van der Waals surface area contributed by atoms with Gasteiger partial charge >= 0.3 is 0 Å². The Bertz CT molecular complexity index is 803.